The van der Waals surface area contributed by atoms with Crippen LogP contribution in [0.3, 0.4) is 0 Å². The Labute approximate surface area is 106 Å². The first-order chi connectivity index (χ1) is 7.86. The first-order valence-corrected chi connectivity index (χ1v) is 7.02. The van der Waals surface area contributed by atoms with Gasteiger partial charge in [-0.3, -0.25) is 4.90 Å². The third kappa shape index (κ3) is 3.94. The van der Waals surface area contributed by atoms with E-state index in [0.717, 1.165) is 19.6 Å². The fourth-order valence-electron chi connectivity index (χ4n) is 3.07. The van der Waals surface area contributed by atoms with Gasteiger partial charge in [-0.1, -0.05) is 0 Å². The standard InChI is InChI=1S/C14H28N2O/c1-13(2)11-16(9-5-8-15-13)10-12-6-7-14(3,4)17-12/h12,15H,5-11H2,1-4H3. The number of ether oxygens (including phenoxy) is 1. The van der Waals surface area contributed by atoms with E-state index in [4.69, 9.17) is 4.74 Å². The first kappa shape index (κ1) is 13.3. The highest BCUT2D eigenvalue weighted by Crippen LogP contribution is 2.30. The Morgan fingerprint density at radius 3 is 2.71 bits per heavy atom. The molecule has 0 aromatic rings. The molecule has 2 rings (SSSR count). The van der Waals surface area contributed by atoms with Crippen LogP contribution in [0.4, 0.5) is 0 Å². The summed E-state index contributed by atoms with van der Waals surface area (Å²) in [5.74, 6) is 0. The van der Waals surface area contributed by atoms with E-state index in [1.54, 1.807) is 0 Å². The van der Waals surface area contributed by atoms with Gasteiger partial charge in [-0.05, 0) is 60.0 Å². The molecule has 1 atom stereocenters. The molecule has 0 radical (unpaired) electrons. The summed E-state index contributed by atoms with van der Waals surface area (Å²) in [5.41, 5.74) is 0.342. The van der Waals surface area contributed by atoms with Crippen LogP contribution in [0.25, 0.3) is 0 Å². The minimum atomic E-state index is 0.101. The van der Waals surface area contributed by atoms with E-state index in [-0.39, 0.29) is 11.1 Å². The van der Waals surface area contributed by atoms with Crippen molar-refractivity contribution in [1.29, 1.82) is 0 Å². The van der Waals surface area contributed by atoms with Crippen LogP contribution >= 0.6 is 0 Å². The molecule has 100 valence electrons. The molecule has 3 heteroatoms. The number of hydrogen-bond donors (Lipinski definition) is 1. The number of hydrogen-bond acceptors (Lipinski definition) is 3. The number of nitrogens with one attached hydrogen (secondary N) is 1. The zero-order valence-corrected chi connectivity index (χ0v) is 11.9. The monoisotopic (exact) mass is 240 g/mol. The second kappa shape index (κ2) is 4.87. The van der Waals surface area contributed by atoms with Crippen LogP contribution in [0, 0.1) is 0 Å². The summed E-state index contributed by atoms with van der Waals surface area (Å²) in [6, 6.07) is 0. The van der Waals surface area contributed by atoms with Crippen LogP contribution < -0.4 is 5.32 Å². The van der Waals surface area contributed by atoms with Gasteiger partial charge in [0.05, 0.1) is 11.7 Å². The lowest BCUT2D eigenvalue weighted by Crippen LogP contribution is -2.47. The molecule has 2 fully saturated rings. The molecule has 2 heterocycles. The summed E-state index contributed by atoms with van der Waals surface area (Å²) in [7, 11) is 0. The van der Waals surface area contributed by atoms with Crippen LogP contribution in [0.1, 0.15) is 47.0 Å². The van der Waals surface area contributed by atoms with Crippen LogP contribution in [0.5, 0.6) is 0 Å². The highest BCUT2D eigenvalue weighted by atomic mass is 16.5. The molecule has 2 aliphatic heterocycles. The summed E-state index contributed by atoms with van der Waals surface area (Å²) in [4.78, 5) is 2.58. The molecule has 0 aliphatic carbocycles. The van der Waals surface area contributed by atoms with E-state index in [1.807, 2.05) is 0 Å². The average Bonchev–Trinajstić information content (AvgIpc) is 2.41. The maximum absolute atomic E-state index is 6.10. The summed E-state index contributed by atoms with van der Waals surface area (Å²) in [6.45, 7) is 13.6. The Morgan fingerprint density at radius 2 is 2.06 bits per heavy atom. The average molecular weight is 240 g/mol. The zero-order chi connectivity index (χ0) is 12.5. The fraction of sp³-hybridized carbons (Fsp3) is 1.00. The van der Waals surface area contributed by atoms with E-state index in [1.165, 1.54) is 25.8 Å². The molecule has 0 amide bonds. The number of nitrogens with zero attached hydrogens (tertiary/aromatic N) is 1. The van der Waals surface area contributed by atoms with Crippen LogP contribution in [-0.2, 0) is 4.74 Å². The zero-order valence-electron chi connectivity index (χ0n) is 11.9. The van der Waals surface area contributed by atoms with E-state index < -0.39 is 0 Å². The first-order valence-electron chi connectivity index (χ1n) is 7.02. The Morgan fingerprint density at radius 1 is 1.29 bits per heavy atom. The molecule has 2 aliphatic rings. The predicted molar refractivity (Wildman–Crippen MR) is 71.3 cm³/mol. The van der Waals surface area contributed by atoms with Crippen molar-refractivity contribution in [3.63, 3.8) is 0 Å². The van der Waals surface area contributed by atoms with Gasteiger partial charge in [0.1, 0.15) is 0 Å². The maximum atomic E-state index is 6.10. The molecule has 0 spiro atoms. The van der Waals surface area contributed by atoms with Crippen molar-refractivity contribution < 1.29 is 4.74 Å². The summed E-state index contributed by atoms with van der Waals surface area (Å²) in [5, 5.41) is 3.61. The Bertz CT molecular complexity index is 263. The van der Waals surface area contributed by atoms with Crippen molar-refractivity contribution >= 4 is 0 Å². The molecule has 17 heavy (non-hydrogen) atoms. The second-order valence-corrected chi connectivity index (χ2v) is 6.94. The van der Waals surface area contributed by atoms with Gasteiger partial charge < -0.3 is 10.1 Å². The fourth-order valence-corrected chi connectivity index (χ4v) is 3.07. The van der Waals surface area contributed by atoms with Crippen LogP contribution in [0.2, 0.25) is 0 Å². The van der Waals surface area contributed by atoms with Crippen molar-refractivity contribution in [2.24, 2.45) is 0 Å². The van der Waals surface area contributed by atoms with Gasteiger partial charge in [0.25, 0.3) is 0 Å². The van der Waals surface area contributed by atoms with Gasteiger partial charge in [0.15, 0.2) is 0 Å². The van der Waals surface area contributed by atoms with Crippen LogP contribution in [-0.4, -0.2) is 48.3 Å². The predicted octanol–water partition coefficient (Wildman–Crippen LogP) is 2.02. The molecular weight excluding hydrogens is 212 g/mol. The largest absolute Gasteiger partial charge is 0.371 e. The SMILES string of the molecule is CC1(C)CN(CC2CCC(C)(C)O2)CCCN1. The molecule has 2 saturated heterocycles. The van der Waals surface area contributed by atoms with Crippen molar-refractivity contribution in [2.45, 2.75) is 64.2 Å². The summed E-state index contributed by atoms with van der Waals surface area (Å²) >= 11 is 0. The molecular formula is C14H28N2O. The van der Waals surface area contributed by atoms with Gasteiger partial charge in [0, 0.05) is 18.6 Å². The normalized spacial score (nSPS) is 33.5. The van der Waals surface area contributed by atoms with E-state index in [9.17, 15) is 0 Å². The van der Waals surface area contributed by atoms with Crippen molar-refractivity contribution in [3.8, 4) is 0 Å². The summed E-state index contributed by atoms with van der Waals surface area (Å²) < 4.78 is 6.10. The van der Waals surface area contributed by atoms with Gasteiger partial charge in [-0.2, -0.15) is 0 Å². The highest BCUT2D eigenvalue weighted by molar-refractivity contribution is 4.88. The molecule has 0 saturated carbocycles. The lowest BCUT2D eigenvalue weighted by atomic mass is 10.0. The van der Waals surface area contributed by atoms with Crippen LogP contribution in [0.15, 0.2) is 0 Å². The Hall–Kier alpha value is -0.120. The molecule has 0 bridgehead atoms. The molecule has 1 unspecified atom stereocenters. The van der Waals surface area contributed by atoms with Crippen molar-refractivity contribution in [3.05, 3.63) is 0 Å². The lowest BCUT2D eigenvalue weighted by Gasteiger charge is -2.31. The number of rotatable bonds is 2. The second-order valence-electron chi connectivity index (χ2n) is 6.94. The minimum absolute atomic E-state index is 0.101. The van der Waals surface area contributed by atoms with Gasteiger partial charge >= 0.3 is 0 Å². The van der Waals surface area contributed by atoms with E-state index in [2.05, 4.69) is 37.9 Å². The van der Waals surface area contributed by atoms with E-state index in [0.29, 0.717) is 6.10 Å². The lowest BCUT2D eigenvalue weighted by molar-refractivity contribution is -0.0296. The third-order valence-corrected chi connectivity index (χ3v) is 3.89. The van der Waals surface area contributed by atoms with Gasteiger partial charge in [-0.15, -0.1) is 0 Å². The highest BCUT2D eigenvalue weighted by Gasteiger charge is 2.33. The van der Waals surface area contributed by atoms with Crippen molar-refractivity contribution in [2.75, 3.05) is 26.2 Å². The topological polar surface area (TPSA) is 24.5 Å². The molecule has 0 aromatic heterocycles. The minimum Gasteiger partial charge on any atom is -0.371 e. The summed E-state index contributed by atoms with van der Waals surface area (Å²) in [6.07, 6.45) is 4.11. The molecule has 0 aromatic carbocycles. The third-order valence-electron chi connectivity index (χ3n) is 3.89. The van der Waals surface area contributed by atoms with Crippen molar-refractivity contribution in [1.82, 2.24) is 10.2 Å². The molecule has 3 nitrogen and oxygen atoms in total. The smallest absolute Gasteiger partial charge is 0.0710 e. The Balaban J connectivity index is 1.86. The van der Waals surface area contributed by atoms with E-state index >= 15 is 0 Å². The van der Waals surface area contributed by atoms with Gasteiger partial charge in [0.2, 0.25) is 0 Å². The molecule has 1 N–H and O–H groups in total. The van der Waals surface area contributed by atoms with Gasteiger partial charge in [-0.25, -0.2) is 0 Å². The Kier molecular flexibility index (Phi) is 3.81. The quantitative estimate of drug-likeness (QED) is 0.799. The maximum Gasteiger partial charge on any atom is 0.0710 e.